The van der Waals surface area contributed by atoms with Gasteiger partial charge in [-0.3, -0.25) is 9.52 Å². The van der Waals surface area contributed by atoms with Crippen LogP contribution in [0.2, 0.25) is 0 Å². The van der Waals surface area contributed by atoms with Gasteiger partial charge in [0.05, 0.1) is 4.90 Å². The van der Waals surface area contributed by atoms with Gasteiger partial charge in [0.2, 0.25) is 5.91 Å². The van der Waals surface area contributed by atoms with Gasteiger partial charge in [-0.2, -0.15) is 0 Å². The fraction of sp³-hybridized carbons (Fsp3) is 0.0625. The van der Waals surface area contributed by atoms with Crippen LogP contribution in [-0.4, -0.2) is 21.4 Å². The van der Waals surface area contributed by atoms with Gasteiger partial charge in [-0.25, -0.2) is 8.42 Å². The molecule has 0 atom stereocenters. The highest BCUT2D eigenvalue weighted by atomic mass is 32.2. The Balaban J connectivity index is 2.15. The van der Waals surface area contributed by atoms with Gasteiger partial charge in [-0.05, 0) is 35.9 Å². The largest absolute Gasteiger partial charge is 0.356 e. The van der Waals surface area contributed by atoms with Crippen LogP contribution >= 0.6 is 0 Å². The van der Waals surface area contributed by atoms with Gasteiger partial charge in [0.15, 0.2) is 0 Å². The molecule has 0 unspecified atom stereocenters. The fourth-order valence-electron chi connectivity index (χ4n) is 1.73. The smallest absolute Gasteiger partial charge is 0.261 e. The highest BCUT2D eigenvalue weighted by Gasteiger charge is 2.13. The molecule has 0 spiro atoms. The second kappa shape index (κ2) is 6.91. The van der Waals surface area contributed by atoms with E-state index >= 15 is 0 Å². The summed E-state index contributed by atoms with van der Waals surface area (Å²) in [7, 11) is -2.08. The summed E-state index contributed by atoms with van der Waals surface area (Å²) in [5, 5.41) is 2.47. The highest BCUT2D eigenvalue weighted by Crippen LogP contribution is 2.16. The molecule has 1 amide bonds. The van der Waals surface area contributed by atoms with Crippen LogP contribution in [-0.2, 0) is 14.8 Å². The minimum absolute atomic E-state index is 0.161. The monoisotopic (exact) mass is 316 g/mol. The number of para-hydroxylation sites is 1. The predicted molar refractivity (Wildman–Crippen MR) is 86.8 cm³/mol. The maximum Gasteiger partial charge on any atom is 0.261 e. The van der Waals surface area contributed by atoms with Crippen LogP contribution in [0, 0.1) is 0 Å². The number of hydrogen-bond acceptors (Lipinski definition) is 3. The maximum absolute atomic E-state index is 12.2. The number of likely N-dealkylation sites (N-methyl/N-ethyl adjacent to an activating group) is 1. The molecule has 0 aliphatic carbocycles. The summed E-state index contributed by atoms with van der Waals surface area (Å²) < 4.78 is 27.0. The highest BCUT2D eigenvalue weighted by molar-refractivity contribution is 7.92. The first-order valence-electron chi connectivity index (χ1n) is 6.59. The van der Waals surface area contributed by atoms with E-state index in [2.05, 4.69) is 10.0 Å². The predicted octanol–water partition coefficient (Wildman–Crippen LogP) is 2.25. The number of hydrogen-bond donors (Lipinski definition) is 2. The van der Waals surface area contributed by atoms with Crippen molar-refractivity contribution in [3.05, 3.63) is 66.2 Å². The van der Waals surface area contributed by atoms with Gasteiger partial charge in [0, 0.05) is 18.8 Å². The summed E-state index contributed by atoms with van der Waals surface area (Å²) in [4.78, 5) is 11.3. The Hall–Kier alpha value is -2.60. The summed E-state index contributed by atoms with van der Waals surface area (Å²) in [6, 6.07) is 14.9. The Labute approximate surface area is 129 Å². The fourth-order valence-corrected chi connectivity index (χ4v) is 2.79. The Morgan fingerprint density at radius 3 is 2.23 bits per heavy atom. The van der Waals surface area contributed by atoms with Crippen molar-refractivity contribution in [3.63, 3.8) is 0 Å². The first kappa shape index (κ1) is 15.8. The third-order valence-electron chi connectivity index (χ3n) is 2.89. The van der Waals surface area contributed by atoms with E-state index in [9.17, 15) is 13.2 Å². The first-order chi connectivity index (χ1) is 10.5. The Morgan fingerprint density at radius 1 is 1.00 bits per heavy atom. The molecule has 0 heterocycles. The topological polar surface area (TPSA) is 75.3 Å². The molecule has 2 N–H and O–H groups in total. The second-order valence-electron chi connectivity index (χ2n) is 4.49. The van der Waals surface area contributed by atoms with Gasteiger partial charge < -0.3 is 5.32 Å². The molecule has 114 valence electrons. The lowest BCUT2D eigenvalue weighted by Crippen LogP contribution is -2.14. The molecule has 0 fully saturated rings. The second-order valence-corrected chi connectivity index (χ2v) is 6.17. The van der Waals surface area contributed by atoms with Crippen molar-refractivity contribution in [2.75, 3.05) is 11.8 Å². The van der Waals surface area contributed by atoms with E-state index in [0.29, 0.717) is 5.69 Å². The molecule has 6 heteroatoms. The van der Waals surface area contributed by atoms with Crippen LogP contribution in [0.3, 0.4) is 0 Å². The van der Waals surface area contributed by atoms with E-state index < -0.39 is 10.0 Å². The molecule has 0 saturated heterocycles. The summed E-state index contributed by atoms with van der Waals surface area (Å²) in [6.07, 6.45) is 2.99. The molecule has 0 bridgehead atoms. The maximum atomic E-state index is 12.2. The van der Waals surface area contributed by atoms with E-state index in [1.165, 1.54) is 25.3 Å². The normalized spacial score (nSPS) is 11.3. The van der Waals surface area contributed by atoms with Crippen molar-refractivity contribution in [3.8, 4) is 0 Å². The summed E-state index contributed by atoms with van der Waals surface area (Å²) in [6.45, 7) is 0. The summed E-state index contributed by atoms with van der Waals surface area (Å²) in [5.74, 6) is -0.220. The lowest BCUT2D eigenvalue weighted by Gasteiger charge is -2.08. The van der Waals surface area contributed by atoms with Crippen molar-refractivity contribution in [2.24, 2.45) is 0 Å². The third kappa shape index (κ3) is 4.20. The minimum Gasteiger partial charge on any atom is -0.356 e. The average molecular weight is 316 g/mol. The van der Waals surface area contributed by atoms with Crippen LogP contribution in [0.25, 0.3) is 6.08 Å². The van der Waals surface area contributed by atoms with Crippen LogP contribution in [0.1, 0.15) is 5.56 Å². The van der Waals surface area contributed by atoms with Gasteiger partial charge in [-0.15, -0.1) is 0 Å². The molecule has 0 aromatic heterocycles. The number of carbonyl (C=O) groups is 1. The zero-order valence-corrected chi connectivity index (χ0v) is 12.8. The van der Waals surface area contributed by atoms with E-state index in [-0.39, 0.29) is 10.8 Å². The Morgan fingerprint density at radius 2 is 1.64 bits per heavy atom. The Bertz CT molecular complexity index is 767. The van der Waals surface area contributed by atoms with Crippen LogP contribution in [0.5, 0.6) is 0 Å². The number of anilines is 1. The molecule has 0 aliphatic heterocycles. The van der Waals surface area contributed by atoms with Crippen LogP contribution in [0.15, 0.2) is 65.6 Å². The van der Waals surface area contributed by atoms with Gasteiger partial charge >= 0.3 is 0 Å². The molecular weight excluding hydrogens is 300 g/mol. The lowest BCUT2D eigenvalue weighted by molar-refractivity contribution is -0.115. The molecule has 0 radical (unpaired) electrons. The van der Waals surface area contributed by atoms with Crippen molar-refractivity contribution < 1.29 is 13.2 Å². The summed E-state index contributed by atoms with van der Waals surface area (Å²) >= 11 is 0. The standard InChI is InChI=1S/C16H16N2O3S/c1-17-16(19)12-9-13-7-10-15(11-8-13)22(20,21)18-14-5-3-2-4-6-14/h2-12,18H,1H3,(H,17,19)/b12-9+. The van der Waals surface area contributed by atoms with Gasteiger partial charge in [-0.1, -0.05) is 30.3 Å². The van der Waals surface area contributed by atoms with E-state index in [4.69, 9.17) is 0 Å². The van der Waals surface area contributed by atoms with E-state index in [1.807, 2.05) is 6.07 Å². The van der Waals surface area contributed by atoms with Crippen molar-refractivity contribution in [1.82, 2.24) is 5.32 Å². The van der Waals surface area contributed by atoms with Crippen molar-refractivity contribution in [1.29, 1.82) is 0 Å². The third-order valence-corrected chi connectivity index (χ3v) is 4.29. The molecule has 2 rings (SSSR count). The molecule has 22 heavy (non-hydrogen) atoms. The van der Waals surface area contributed by atoms with Crippen LogP contribution in [0.4, 0.5) is 5.69 Å². The minimum atomic E-state index is -3.62. The lowest BCUT2D eigenvalue weighted by atomic mass is 10.2. The molecular formula is C16H16N2O3S. The molecule has 2 aromatic rings. The SMILES string of the molecule is CNC(=O)/C=C/c1ccc(S(=O)(=O)Nc2ccccc2)cc1. The zero-order valence-electron chi connectivity index (χ0n) is 12.0. The molecule has 0 aliphatic rings. The molecule has 5 nitrogen and oxygen atoms in total. The number of nitrogens with one attached hydrogen (secondary N) is 2. The first-order valence-corrected chi connectivity index (χ1v) is 8.07. The Kier molecular flexibility index (Phi) is 4.95. The number of sulfonamides is 1. The number of amides is 1. The van der Waals surface area contributed by atoms with Gasteiger partial charge in [0.1, 0.15) is 0 Å². The van der Waals surface area contributed by atoms with Crippen molar-refractivity contribution in [2.45, 2.75) is 4.90 Å². The van der Waals surface area contributed by atoms with Crippen LogP contribution < -0.4 is 10.0 Å². The molecule has 2 aromatic carbocycles. The summed E-state index contributed by atoms with van der Waals surface area (Å²) in [5.41, 5.74) is 1.24. The zero-order chi connectivity index (χ0) is 16.0. The average Bonchev–Trinajstić information content (AvgIpc) is 2.53. The number of benzene rings is 2. The van der Waals surface area contributed by atoms with Crippen molar-refractivity contribution >= 4 is 27.7 Å². The van der Waals surface area contributed by atoms with Gasteiger partial charge in [0.25, 0.3) is 10.0 Å². The number of carbonyl (C=O) groups excluding carboxylic acids is 1. The van der Waals surface area contributed by atoms with E-state index in [0.717, 1.165) is 5.56 Å². The van der Waals surface area contributed by atoms with E-state index in [1.54, 1.807) is 42.5 Å². The molecule has 0 saturated carbocycles. The quantitative estimate of drug-likeness (QED) is 0.831. The number of rotatable bonds is 5.